The highest BCUT2D eigenvalue weighted by molar-refractivity contribution is 7.95. The lowest BCUT2D eigenvalue weighted by molar-refractivity contribution is -0.134. The SMILES string of the molecule is CCCC(C)CC(=O)OSc1cccc(C(=O)OC)c1. The zero-order chi connectivity index (χ0) is 15.0. The van der Waals surface area contributed by atoms with Crippen LogP contribution in [0.25, 0.3) is 0 Å². The highest BCUT2D eigenvalue weighted by atomic mass is 32.2. The van der Waals surface area contributed by atoms with Gasteiger partial charge in [-0.25, -0.2) is 4.79 Å². The van der Waals surface area contributed by atoms with Crippen molar-refractivity contribution in [3.8, 4) is 0 Å². The number of ether oxygens (including phenoxy) is 1. The van der Waals surface area contributed by atoms with Gasteiger partial charge in [0.25, 0.3) is 0 Å². The van der Waals surface area contributed by atoms with E-state index >= 15 is 0 Å². The lowest BCUT2D eigenvalue weighted by Crippen LogP contribution is -2.06. The summed E-state index contributed by atoms with van der Waals surface area (Å²) in [5.74, 6) is -0.315. The Kier molecular flexibility index (Phi) is 7.15. The molecule has 1 unspecified atom stereocenters. The molecule has 0 N–H and O–H groups in total. The third-order valence-corrected chi connectivity index (χ3v) is 3.50. The van der Waals surface area contributed by atoms with Crippen molar-refractivity contribution in [1.29, 1.82) is 0 Å². The molecule has 20 heavy (non-hydrogen) atoms. The Morgan fingerprint density at radius 2 is 2.10 bits per heavy atom. The monoisotopic (exact) mass is 296 g/mol. The van der Waals surface area contributed by atoms with Gasteiger partial charge in [-0.2, -0.15) is 0 Å². The fourth-order valence-electron chi connectivity index (χ4n) is 1.80. The molecule has 1 atom stereocenters. The molecule has 0 bridgehead atoms. The first-order valence-corrected chi connectivity index (χ1v) is 7.36. The van der Waals surface area contributed by atoms with Crippen LogP contribution in [0.5, 0.6) is 0 Å². The molecule has 0 heterocycles. The predicted octanol–water partition coefficient (Wildman–Crippen LogP) is 3.85. The number of hydrogen-bond acceptors (Lipinski definition) is 5. The molecule has 1 aromatic rings. The van der Waals surface area contributed by atoms with Gasteiger partial charge >= 0.3 is 11.9 Å². The maximum Gasteiger partial charge on any atom is 0.337 e. The molecule has 0 aliphatic heterocycles. The van der Waals surface area contributed by atoms with Gasteiger partial charge in [0.05, 0.1) is 24.7 Å². The molecule has 110 valence electrons. The minimum Gasteiger partial charge on any atom is -0.465 e. The van der Waals surface area contributed by atoms with Crippen LogP contribution in [-0.2, 0) is 13.7 Å². The zero-order valence-corrected chi connectivity index (χ0v) is 12.9. The summed E-state index contributed by atoms with van der Waals surface area (Å²) < 4.78 is 9.78. The lowest BCUT2D eigenvalue weighted by Gasteiger charge is -2.08. The fourth-order valence-corrected chi connectivity index (χ4v) is 2.37. The summed E-state index contributed by atoms with van der Waals surface area (Å²) in [6.45, 7) is 4.13. The fraction of sp³-hybridized carbons (Fsp3) is 0.467. The molecule has 0 saturated heterocycles. The highest BCUT2D eigenvalue weighted by Crippen LogP contribution is 2.22. The minimum atomic E-state index is -0.407. The van der Waals surface area contributed by atoms with Crippen LogP contribution in [0.3, 0.4) is 0 Å². The molecule has 5 heteroatoms. The largest absolute Gasteiger partial charge is 0.465 e. The summed E-state index contributed by atoms with van der Waals surface area (Å²) >= 11 is 0.973. The standard InChI is InChI=1S/C15H20O4S/c1-4-6-11(2)9-14(16)19-20-13-8-5-7-12(10-13)15(17)18-3/h5,7-8,10-11H,4,6,9H2,1-3H3. The molecule has 0 saturated carbocycles. The molecule has 4 nitrogen and oxygen atoms in total. The van der Waals surface area contributed by atoms with Crippen LogP contribution in [0.1, 0.15) is 43.5 Å². The van der Waals surface area contributed by atoms with E-state index in [4.69, 9.17) is 4.18 Å². The first-order chi connectivity index (χ1) is 9.56. The molecule has 0 aromatic heterocycles. The Labute approximate surface area is 124 Å². The number of rotatable bonds is 7. The second kappa shape index (κ2) is 8.64. The molecule has 1 aromatic carbocycles. The maximum absolute atomic E-state index is 11.6. The Bertz CT molecular complexity index is 459. The average molecular weight is 296 g/mol. The van der Waals surface area contributed by atoms with Crippen LogP contribution in [0.15, 0.2) is 29.2 Å². The van der Waals surface area contributed by atoms with Crippen molar-refractivity contribution >= 4 is 24.0 Å². The minimum absolute atomic E-state index is 0.237. The van der Waals surface area contributed by atoms with Gasteiger partial charge < -0.3 is 8.92 Å². The Hall–Kier alpha value is -1.49. The Morgan fingerprint density at radius 1 is 1.35 bits per heavy atom. The number of carbonyl (C=O) groups excluding carboxylic acids is 2. The summed E-state index contributed by atoms with van der Waals surface area (Å²) in [7, 11) is 1.33. The molecule has 0 amide bonds. The van der Waals surface area contributed by atoms with Gasteiger partial charge in [0.15, 0.2) is 0 Å². The normalized spacial score (nSPS) is 11.8. The van der Waals surface area contributed by atoms with Gasteiger partial charge in [-0.15, -0.1) is 0 Å². The summed E-state index contributed by atoms with van der Waals surface area (Å²) in [5, 5.41) is 0. The smallest absolute Gasteiger partial charge is 0.337 e. The Balaban J connectivity index is 2.49. The summed E-state index contributed by atoms with van der Waals surface area (Å²) in [6, 6.07) is 6.79. The van der Waals surface area contributed by atoms with Crippen molar-refractivity contribution in [3.63, 3.8) is 0 Å². The van der Waals surface area contributed by atoms with E-state index in [-0.39, 0.29) is 5.97 Å². The number of methoxy groups -OCH3 is 1. The highest BCUT2D eigenvalue weighted by Gasteiger charge is 2.12. The van der Waals surface area contributed by atoms with Crippen LogP contribution >= 0.6 is 12.0 Å². The van der Waals surface area contributed by atoms with Crippen LogP contribution in [0.2, 0.25) is 0 Å². The molecular weight excluding hydrogens is 276 g/mol. The topological polar surface area (TPSA) is 52.6 Å². The first-order valence-electron chi connectivity index (χ1n) is 6.62. The average Bonchev–Trinajstić information content (AvgIpc) is 2.44. The number of benzene rings is 1. The second-order valence-corrected chi connectivity index (χ2v) is 5.46. The number of esters is 1. The zero-order valence-electron chi connectivity index (χ0n) is 12.0. The van der Waals surface area contributed by atoms with Crippen molar-refractivity contribution in [2.24, 2.45) is 5.92 Å². The number of hydrogen-bond donors (Lipinski definition) is 0. The lowest BCUT2D eigenvalue weighted by atomic mass is 10.0. The van der Waals surface area contributed by atoms with E-state index in [1.807, 2.05) is 6.92 Å². The molecule has 0 aliphatic rings. The van der Waals surface area contributed by atoms with Crippen molar-refractivity contribution in [1.82, 2.24) is 0 Å². The third-order valence-electron chi connectivity index (χ3n) is 2.78. The van der Waals surface area contributed by atoms with Gasteiger partial charge in [0.2, 0.25) is 0 Å². The molecule has 0 spiro atoms. The van der Waals surface area contributed by atoms with E-state index in [0.717, 1.165) is 24.9 Å². The quantitative estimate of drug-likeness (QED) is 0.565. The molecule has 1 rings (SSSR count). The van der Waals surface area contributed by atoms with E-state index < -0.39 is 5.97 Å². The molecular formula is C15H20O4S. The van der Waals surface area contributed by atoms with E-state index in [1.54, 1.807) is 24.3 Å². The summed E-state index contributed by atoms with van der Waals surface area (Å²) in [6.07, 6.45) is 2.48. The summed E-state index contributed by atoms with van der Waals surface area (Å²) in [4.78, 5) is 23.7. The van der Waals surface area contributed by atoms with Gasteiger partial charge in [0.1, 0.15) is 0 Å². The first kappa shape index (κ1) is 16.6. The van der Waals surface area contributed by atoms with Gasteiger partial charge in [0, 0.05) is 11.3 Å². The number of carbonyl (C=O) groups is 2. The van der Waals surface area contributed by atoms with Crippen molar-refractivity contribution in [2.45, 2.75) is 38.0 Å². The third kappa shape index (κ3) is 5.65. The van der Waals surface area contributed by atoms with E-state index in [2.05, 4.69) is 11.7 Å². The van der Waals surface area contributed by atoms with Crippen LogP contribution in [-0.4, -0.2) is 19.0 Å². The van der Waals surface area contributed by atoms with Gasteiger partial charge in [-0.05, 0) is 24.1 Å². The molecule has 0 fully saturated rings. The van der Waals surface area contributed by atoms with Gasteiger partial charge in [-0.3, -0.25) is 4.79 Å². The predicted molar refractivity (Wildman–Crippen MR) is 78.4 cm³/mol. The molecule has 0 radical (unpaired) electrons. The van der Waals surface area contributed by atoms with Crippen molar-refractivity contribution in [2.75, 3.05) is 7.11 Å². The Morgan fingerprint density at radius 3 is 2.75 bits per heavy atom. The van der Waals surface area contributed by atoms with Crippen LogP contribution < -0.4 is 0 Å². The van der Waals surface area contributed by atoms with E-state index in [0.29, 0.717) is 22.8 Å². The maximum atomic E-state index is 11.6. The van der Waals surface area contributed by atoms with Gasteiger partial charge in [-0.1, -0.05) is 32.8 Å². The van der Waals surface area contributed by atoms with E-state index in [9.17, 15) is 9.59 Å². The van der Waals surface area contributed by atoms with Crippen molar-refractivity contribution in [3.05, 3.63) is 29.8 Å². The van der Waals surface area contributed by atoms with Crippen LogP contribution in [0, 0.1) is 5.92 Å². The molecule has 0 aliphatic carbocycles. The van der Waals surface area contributed by atoms with E-state index in [1.165, 1.54) is 7.11 Å². The van der Waals surface area contributed by atoms with Crippen LogP contribution in [0.4, 0.5) is 0 Å². The summed E-state index contributed by atoms with van der Waals surface area (Å²) in [5.41, 5.74) is 0.438. The second-order valence-electron chi connectivity index (χ2n) is 4.66. The van der Waals surface area contributed by atoms with Crippen molar-refractivity contribution < 1.29 is 18.5 Å².